The Kier molecular flexibility index (Phi) is 1.59. The molecule has 2 radical (unpaired) electrons. The van der Waals surface area contributed by atoms with E-state index >= 15 is 0 Å². The lowest BCUT2D eigenvalue weighted by molar-refractivity contribution is 0.362. The van der Waals surface area contributed by atoms with E-state index in [9.17, 15) is 0 Å². The molecule has 0 N–H and O–H groups in total. The first kappa shape index (κ1) is 6.12. The van der Waals surface area contributed by atoms with Crippen molar-refractivity contribution in [2.75, 3.05) is 0 Å². The summed E-state index contributed by atoms with van der Waals surface area (Å²) in [4.78, 5) is 0. The van der Waals surface area contributed by atoms with Crippen molar-refractivity contribution >= 4 is 0 Å². The Morgan fingerprint density at radius 2 is 2.12 bits per heavy atom. The van der Waals surface area contributed by atoms with Crippen molar-refractivity contribution in [3.63, 3.8) is 0 Å². The van der Waals surface area contributed by atoms with Gasteiger partial charge in [-0.05, 0) is 37.5 Å². The molecule has 0 heterocycles. The van der Waals surface area contributed by atoms with E-state index in [1.165, 1.54) is 19.3 Å². The van der Waals surface area contributed by atoms with E-state index < -0.39 is 0 Å². The van der Waals surface area contributed by atoms with Crippen molar-refractivity contribution in [3.05, 3.63) is 12.8 Å². The zero-order chi connectivity index (χ0) is 6.04. The topological polar surface area (TPSA) is 0 Å². The molecule has 0 unspecified atom stereocenters. The molecule has 0 nitrogen and oxygen atoms in total. The average molecular weight is 110 g/mol. The first-order valence-corrected chi connectivity index (χ1v) is 3.37. The van der Waals surface area contributed by atoms with Crippen LogP contribution in [0.15, 0.2) is 0 Å². The highest BCUT2D eigenvalue weighted by Gasteiger charge is 2.20. The molecule has 0 aliphatic heterocycles. The summed E-state index contributed by atoms with van der Waals surface area (Å²) in [6.45, 7) is 4.61. The molecule has 1 aliphatic carbocycles. The Morgan fingerprint density at radius 3 is 2.38 bits per heavy atom. The second kappa shape index (κ2) is 2.08. The number of hydrogen-bond acceptors (Lipinski definition) is 0. The fourth-order valence-corrected chi connectivity index (χ4v) is 1.10. The van der Waals surface area contributed by atoms with Gasteiger partial charge in [-0.2, -0.15) is 0 Å². The smallest absolute Gasteiger partial charge is 0.0323 e. The predicted octanol–water partition coefficient (Wildman–Crippen LogP) is 2.61. The minimum atomic E-state index is 0.523. The Bertz CT molecular complexity index is 64.1. The van der Waals surface area contributed by atoms with Crippen molar-refractivity contribution in [1.82, 2.24) is 0 Å². The third-order valence-electron chi connectivity index (χ3n) is 1.83. The normalized spacial score (nSPS) is 27.8. The van der Waals surface area contributed by atoms with Gasteiger partial charge in [0.15, 0.2) is 0 Å². The van der Waals surface area contributed by atoms with Crippen LogP contribution in [0.5, 0.6) is 0 Å². The van der Waals surface area contributed by atoms with E-state index in [0.29, 0.717) is 5.41 Å². The van der Waals surface area contributed by atoms with Crippen LogP contribution in [0.25, 0.3) is 0 Å². The number of hydrogen-bond donors (Lipinski definition) is 0. The molecule has 8 heavy (non-hydrogen) atoms. The van der Waals surface area contributed by atoms with Gasteiger partial charge in [0.25, 0.3) is 0 Å². The van der Waals surface area contributed by atoms with Crippen LogP contribution in [0.3, 0.4) is 0 Å². The Hall–Kier alpha value is 0. The molecule has 1 aliphatic rings. The molecule has 0 aromatic heterocycles. The van der Waals surface area contributed by atoms with Gasteiger partial charge < -0.3 is 0 Å². The summed E-state index contributed by atoms with van der Waals surface area (Å²) in [5, 5.41) is 0. The second-order valence-electron chi connectivity index (χ2n) is 3.26. The fraction of sp³-hybridized carbons (Fsp3) is 0.750. The van der Waals surface area contributed by atoms with Crippen LogP contribution in [0.1, 0.15) is 33.1 Å². The quantitative estimate of drug-likeness (QED) is 0.449. The SMILES string of the molecule is CC1(C)[CH]C[CH]CC1. The highest BCUT2D eigenvalue weighted by Crippen LogP contribution is 2.32. The van der Waals surface area contributed by atoms with Crippen LogP contribution in [0, 0.1) is 18.3 Å². The minimum Gasteiger partial charge on any atom is -0.0596 e. The third kappa shape index (κ3) is 1.50. The second-order valence-corrected chi connectivity index (χ2v) is 3.26. The van der Waals surface area contributed by atoms with E-state index in [1.54, 1.807) is 0 Å². The Balaban J connectivity index is 2.33. The van der Waals surface area contributed by atoms with Gasteiger partial charge >= 0.3 is 0 Å². The van der Waals surface area contributed by atoms with Gasteiger partial charge in [-0.1, -0.05) is 13.8 Å². The first-order chi connectivity index (χ1) is 3.71. The molecule has 46 valence electrons. The van der Waals surface area contributed by atoms with Gasteiger partial charge in [0.1, 0.15) is 0 Å². The maximum absolute atomic E-state index is 2.40. The fourth-order valence-electron chi connectivity index (χ4n) is 1.10. The van der Waals surface area contributed by atoms with Crippen LogP contribution in [0.4, 0.5) is 0 Å². The standard InChI is InChI=1S/C8H14/c1-8(2)6-4-3-5-7-8/h3,6H,4-5,7H2,1-2H3. The largest absolute Gasteiger partial charge is 0.0596 e. The summed E-state index contributed by atoms with van der Waals surface area (Å²) in [6, 6.07) is 0. The van der Waals surface area contributed by atoms with Crippen LogP contribution in [-0.2, 0) is 0 Å². The summed E-state index contributed by atoms with van der Waals surface area (Å²) in [7, 11) is 0. The molecule has 0 spiro atoms. The van der Waals surface area contributed by atoms with Gasteiger partial charge in [0, 0.05) is 0 Å². The lowest BCUT2D eigenvalue weighted by atomic mass is 9.78. The van der Waals surface area contributed by atoms with Crippen molar-refractivity contribution in [1.29, 1.82) is 0 Å². The Morgan fingerprint density at radius 1 is 1.38 bits per heavy atom. The van der Waals surface area contributed by atoms with E-state index in [1.807, 2.05) is 0 Å². The van der Waals surface area contributed by atoms with Gasteiger partial charge in [0.05, 0.1) is 0 Å². The third-order valence-corrected chi connectivity index (χ3v) is 1.83. The number of rotatable bonds is 0. The molecule has 1 saturated carbocycles. The van der Waals surface area contributed by atoms with Crippen molar-refractivity contribution in [2.45, 2.75) is 33.1 Å². The van der Waals surface area contributed by atoms with Gasteiger partial charge in [-0.25, -0.2) is 0 Å². The molecule has 0 saturated heterocycles. The predicted molar refractivity (Wildman–Crippen MR) is 36.2 cm³/mol. The maximum Gasteiger partial charge on any atom is -0.0323 e. The van der Waals surface area contributed by atoms with Crippen molar-refractivity contribution in [2.24, 2.45) is 5.41 Å². The van der Waals surface area contributed by atoms with Crippen LogP contribution in [0.2, 0.25) is 0 Å². The van der Waals surface area contributed by atoms with Crippen LogP contribution in [-0.4, -0.2) is 0 Å². The summed E-state index contributed by atoms with van der Waals surface area (Å²) < 4.78 is 0. The zero-order valence-electron chi connectivity index (χ0n) is 5.78. The molecular weight excluding hydrogens is 96.1 g/mol. The summed E-state index contributed by atoms with van der Waals surface area (Å²) >= 11 is 0. The zero-order valence-corrected chi connectivity index (χ0v) is 5.78. The highest BCUT2D eigenvalue weighted by molar-refractivity contribution is 4.94. The molecule has 0 amide bonds. The van der Waals surface area contributed by atoms with E-state index in [4.69, 9.17) is 0 Å². The van der Waals surface area contributed by atoms with Crippen LogP contribution < -0.4 is 0 Å². The molecular formula is C8H14. The maximum atomic E-state index is 2.40. The van der Waals surface area contributed by atoms with Crippen molar-refractivity contribution in [3.8, 4) is 0 Å². The van der Waals surface area contributed by atoms with E-state index in [2.05, 4.69) is 26.7 Å². The van der Waals surface area contributed by atoms with Gasteiger partial charge in [-0.15, -0.1) is 0 Å². The molecule has 1 rings (SSSR count). The van der Waals surface area contributed by atoms with Gasteiger partial charge in [-0.3, -0.25) is 0 Å². The molecule has 1 fully saturated rings. The summed E-state index contributed by atoms with van der Waals surface area (Å²) in [5.74, 6) is 0. The summed E-state index contributed by atoms with van der Waals surface area (Å²) in [6.07, 6.45) is 8.62. The molecule has 0 aromatic carbocycles. The summed E-state index contributed by atoms with van der Waals surface area (Å²) in [5.41, 5.74) is 0.523. The van der Waals surface area contributed by atoms with E-state index in [0.717, 1.165) is 0 Å². The molecule has 0 aromatic rings. The lowest BCUT2D eigenvalue weighted by Crippen LogP contribution is -2.15. The van der Waals surface area contributed by atoms with E-state index in [-0.39, 0.29) is 0 Å². The first-order valence-electron chi connectivity index (χ1n) is 3.37. The molecule has 0 bridgehead atoms. The minimum absolute atomic E-state index is 0.523. The average Bonchev–Trinajstić information content (AvgIpc) is 1.65. The Labute approximate surface area is 52.3 Å². The molecule has 0 atom stereocenters. The van der Waals surface area contributed by atoms with Crippen LogP contribution >= 0.6 is 0 Å². The lowest BCUT2D eigenvalue weighted by Gasteiger charge is -2.28. The van der Waals surface area contributed by atoms with Gasteiger partial charge in [0.2, 0.25) is 0 Å². The molecule has 0 heteroatoms. The van der Waals surface area contributed by atoms with Crippen molar-refractivity contribution < 1.29 is 0 Å². The highest BCUT2D eigenvalue weighted by atomic mass is 14.3. The monoisotopic (exact) mass is 110 g/mol.